The third kappa shape index (κ3) is 3.14. The Kier molecular flexibility index (Phi) is 4.10. The summed E-state index contributed by atoms with van der Waals surface area (Å²) in [6.45, 7) is 0. The lowest BCUT2D eigenvalue weighted by atomic mass is 10.1. The molecule has 0 saturated heterocycles. The molecule has 0 aliphatic heterocycles. The molecule has 27 heavy (non-hydrogen) atoms. The van der Waals surface area contributed by atoms with Crippen LogP contribution in [0.2, 0.25) is 0 Å². The van der Waals surface area contributed by atoms with Crippen molar-refractivity contribution in [3.8, 4) is 22.8 Å². The number of non-ortho nitro benzene ring substituents is 1. The smallest absolute Gasteiger partial charge is 0.269 e. The van der Waals surface area contributed by atoms with Crippen molar-refractivity contribution in [2.24, 2.45) is 5.14 Å². The topological polar surface area (TPSA) is 147 Å². The number of hydrogen-bond acceptors (Lipinski definition) is 8. The number of nitro groups is 1. The monoisotopic (exact) mass is 469 g/mol. The summed E-state index contributed by atoms with van der Waals surface area (Å²) in [5.41, 5.74) is 1.04. The van der Waals surface area contributed by atoms with E-state index in [4.69, 9.17) is 9.56 Å². The normalized spacial score (nSPS) is 11.9. The standard InChI is InChI=1S/C14H8BrN5O5S2/c15-12-11(19-13(17-12)26-14(18-19)27(16,23)24)10-6-5-9(25-10)7-1-3-8(4-2-7)20(21)22/h1-6H,(H2,16,23,24). The molecule has 0 aliphatic rings. The SMILES string of the molecule is NS(=O)(=O)c1nn2c(-c3ccc(-c4ccc([N+](=O)[O-])cc4)o3)c(Br)nc2s1. The molecule has 3 aromatic heterocycles. The number of hydrogen-bond donors (Lipinski definition) is 1. The number of halogens is 1. The first-order valence-corrected chi connectivity index (χ1v) is 10.3. The number of fused-ring (bicyclic) bond motifs is 1. The first kappa shape index (κ1) is 17.8. The Hall–Kier alpha value is -2.61. The van der Waals surface area contributed by atoms with Gasteiger partial charge in [0.15, 0.2) is 5.76 Å². The van der Waals surface area contributed by atoms with Gasteiger partial charge in [0.2, 0.25) is 9.30 Å². The second-order valence-electron chi connectivity index (χ2n) is 5.33. The molecule has 0 amide bonds. The number of benzene rings is 1. The lowest BCUT2D eigenvalue weighted by Gasteiger charge is -1.98. The van der Waals surface area contributed by atoms with Crippen LogP contribution in [-0.4, -0.2) is 27.9 Å². The predicted octanol–water partition coefficient (Wildman–Crippen LogP) is 3.04. The van der Waals surface area contributed by atoms with Crippen LogP contribution >= 0.6 is 27.3 Å². The predicted molar refractivity (Wildman–Crippen MR) is 99.7 cm³/mol. The van der Waals surface area contributed by atoms with Gasteiger partial charge in [-0.3, -0.25) is 10.1 Å². The van der Waals surface area contributed by atoms with Gasteiger partial charge in [-0.15, -0.1) is 5.10 Å². The van der Waals surface area contributed by atoms with E-state index in [1.165, 1.54) is 16.6 Å². The van der Waals surface area contributed by atoms with Crippen molar-refractivity contribution >= 4 is 47.9 Å². The minimum Gasteiger partial charge on any atom is -0.454 e. The van der Waals surface area contributed by atoms with E-state index in [-0.39, 0.29) is 10.0 Å². The van der Waals surface area contributed by atoms with Gasteiger partial charge in [0.25, 0.3) is 15.7 Å². The summed E-state index contributed by atoms with van der Waals surface area (Å²) < 4.78 is 30.3. The van der Waals surface area contributed by atoms with Gasteiger partial charge in [-0.25, -0.2) is 18.5 Å². The molecule has 3 heterocycles. The quantitative estimate of drug-likeness (QED) is 0.356. The summed E-state index contributed by atoms with van der Waals surface area (Å²) in [7, 11) is -3.95. The maximum absolute atomic E-state index is 11.5. The first-order chi connectivity index (χ1) is 12.7. The van der Waals surface area contributed by atoms with Gasteiger partial charge in [0.05, 0.1) is 4.92 Å². The maximum atomic E-state index is 11.5. The van der Waals surface area contributed by atoms with Crippen molar-refractivity contribution in [3.63, 3.8) is 0 Å². The van der Waals surface area contributed by atoms with Crippen LogP contribution in [0.5, 0.6) is 0 Å². The molecule has 10 nitrogen and oxygen atoms in total. The highest BCUT2D eigenvalue weighted by Crippen LogP contribution is 2.35. The largest absolute Gasteiger partial charge is 0.454 e. The average molecular weight is 470 g/mol. The Morgan fingerprint density at radius 3 is 2.48 bits per heavy atom. The van der Waals surface area contributed by atoms with Gasteiger partial charge >= 0.3 is 0 Å². The van der Waals surface area contributed by atoms with Gasteiger partial charge in [0, 0.05) is 17.7 Å². The molecule has 13 heteroatoms. The summed E-state index contributed by atoms with van der Waals surface area (Å²) in [6.07, 6.45) is 0. The maximum Gasteiger partial charge on any atom is 0.269 e. The Balaban J connectivity index is 1.78. The summed E-state index contributed by atoms with van der Waals surface area (Å²) in [4.78, 5) is 14.8. The van der Waals surface area contributed by atoms with Gasteiger partial charge < -0.3 is 4.42 Å². The van der Waals surface area contributed by atoms with E-state index in [0.717, 1.165) is 11.3 Å². The number of rotatable bonds is 4. The summed E-state index contributed by atoms with van der Waals surface area (Å²) in [5.74, 6) is 0.859. The van der Waals surface area contributed by atoms with Gasteiger partial charge in [-0.2, -0.15) is 4.52 Å². The van der Waals surface area contributed by atoms with E-state index in [1.807, 2.05) is 0 Å². The zero-order chi connectivity index (χ0) is 19.3. The molecule has 4 rings (SSSR count). The van der Waals surface area contributed by atoms with Crippen molar-refractivity contribution < 1.29 is 17.8 Å². The molecule has 0 fully saturated rings. The molecule has 4 aromatic rings. The van der Waals surface area contributed by atoms with Crippen LogP contribution in [0.1, 0.15) is 0 Å². The van der Waals surface area contributed by atoms with Crippen molar-refractivity contribution in [2.45, 2.75) is 4.34 Å². The second kappa shape index (κ2) is 6.23. The Morgan fingerprint density at radius 1 is 1.19 bits per heavy atom. The number of nitrogens with zero attached hydrogens (tertiary/aromatic N) is 4. The van der Waals surface area contributed by atoms with Crippen LogP contribution < -0.4 is 5.14 Å². The van der Waals surface area contributed by atoms with Crippen molar-refractivity contribution in [1.82, 2.24) is 14.6 Å². The van der Waals surface area contributed by atoms with Crippen LogP contribution in [0.25, 0.3) is 27.7 Å². The fourth-order valence-electron chi connectivity index (χ4n) is 2.40. The fourth-order valence-corrected chi connectivity index (χ4v) is 4.56. The molecule has 0 unspecified atom stereocenters. The number of primary sulfonamides is 1. The Bertz CT molecular complexity index is 1290. The Labute approximate surface area is 163 Å². The fraction of sp³-hybridized carbons (Fsp3) is 0. The minimum absolute atomic E-state index is 0.0243. The molecular weight excluding hydrogens is 462 g/mol. The zero-order valence-electron chi connectivity index (χ0n) is 13.1. The number of imidazole rings is 1. The number of nitro benzene ring substituents is 1. The Morgan fingerprint density at radius 2 is 1.85 bits per heavy atom. The van der Waals surface area contributed by atoms with Crippen molar-refractivity contribution in [3.05, 3.63) is 51.1 Å². The average Bonchev–Trinajstić information content (AvgIpc) is 3.28. The highest BCUT2D eigenvalue weighted by atomic mass is 79.9. The molecule has 0 radical (unpaired) electrons. The van der Waals surface area contributed by atoms with E-state index in [0.29, 0.717) is 32.3 Å². The molecule has 138 valence electrons. The van der Waals surface area contributed by atoms with Crippen LogP contribution in [0.15, 0.2) is 49.8 Å². The molecule has 0 aliphatic carbocycles. The number of sulfonamides is 1. The zero-order valence-corrected chi connectivity index (χ0v) is 16.3. The molecule has 0 bridgehead atoms. The summed E-state index contributed by atoms with van der Waals surface area (Å²) >= 11 is 4.14. The van der Waals surface area contributed by atoms with Crippen LogP contribution in [-0.2, 0) is 10.0 Å². The lowest BCUT2D eigenvalue weighted by molar-refractivity contribution is -0.384. The highest BCUT2D eigenvalue weighted by molar-refractivity contribution is 9.10. The third-order valence-electron chi connectivity index (χ3n) is 3.59. The van der Waals surface area contributed by atoms with Crippen molar-refractivity contribution in [2.75, 3.05) is 0 Å². The van der Waals surface area contributed by atoms with Crippen LogP contribution in [0.3, 0.4) is 0 Å². The molecule has 0 atom stereocenters. The van der Waals surface area contributed by atoms with E-state index < -0.39 is 14.9 Å². The molecule has 0 spiro atoms. The van der Waals surface area contributed by atoms with E-state index >= 15 is 0 Å². The first-order valence-electron chi connectivity index (χ1n) is 7.17. The number of aromatic nitrogens is 3. The van der Waals surface area contributed by atoms with Crippen LogP contribution in [0.4, 0.5) is 5.69 Å². The lowest BCUT2D eigenvalue weighted by Crippen LogP contribution is -2.12. The van der Waals surface area contributed by atoms with Gasteiger partial charge in [-0.1, -0.05) is 11.3 Å². The third-order valence-corrected chi connectivity index (χ3v) is 6.36. The number of furan rings is 1. The number of nitrogens with two attached hydrogens (primary N) is 1. The summed E-state index contributed by atoms with van der Waals surface area (Å²) in [6, 6.07) is 9.26. The van der Waals surface area contributed by atoms with Crippen LogP contribution in [0, 0.1) is 10.1 Å². The minimum atomic E-state index is -3.95. The molecule has 1 aromatic carbocycles. The van der Waals surface area contributed by atoms with E-state index in [9.17, 15) is 18.5 Å². The second-order valence-corrected chi connectivity index (χ2v) is 8.77. The molecular formula is C14H8BrN5O5S2. The van der Waals surface area contributed by atoms with Crippen molar-refractivity contribution in [1.29, 1.82) is 0 Å². The van der Waals surface area contributed by atoms with Gasteiger partial charge in [-0.05, 0) is 40.2 Å². The van der Waals surface area contributed by atoms with E-state index in [1.54, 1.807) is 24.3 Å². The molecule has 0 saturated carbocycles. The summed E-state index contributed by atoms with van der Waals surface area (Å²) in [5, 5.41) is 19.9. The van der Waals surface area contributed by atoms with Gasteiger partial charge in [0.1, 0.15) is 16.1 Å². The van der Waals surface area contributed by atoms with E-state index in [2.05, 4.69) is 26.0 Å². The highest BCUT2D eigenvalue weighted by Gasteiger charge is 2.23. The molecule has 2 N–H and O–H groups in total.